The fourth-order valence-corrected chi connectivity index (χ4v) is 1.78. The van der Waals surface area contributed by atoms with Crippen LogP contribution in [-0.4, -0.2) is 23.8 Å². The highest BCUT2D eigenvalue weighted by Crippen LogP contribution is 2.32. The van der Waals surface area contributed by atoms with Gasteiger partial charge in [-0.3, -0.25) is 0 Å². The van der Waals surface area contributed by atoms with E-state index in [0.717, 1.165) is 5.56 Å². The molecule has 0 fully saturated rings. The van der Waals surface area contributed by atoms with Crippen LogP contribution >= 0.6 is 0 Å². The summed E-state index contributed by atoms with van der Waals surface area (Å²) in [4.78, 5) is 10.8. The number of fused-ring (bicyclic) bond motifs is 1. The molecule has 0 spiro atoms. The van der Waals surface area contributed by atoms with Crippen molar-refractivity contribution in [1.82, 2.24) is 0 Å². The molecule has 5 nitrogen and oxygen atoms in total. The first kappa shape index (κ1) is 12.2. The number of carboxylic acids is 1. The van der Waals surface area contributed by atoms with Crippen molar-refractivity contribution in [2.24, 2.45) is 0 Å². The molecule has 1 unspecified atom stereocenters. The lowest BCUT2D eigenvalue weighted by atomic mass is 10.1. The summed E-state index contributed by atoms with van der Waals surface area (Å²) in [7, 11) is 0. The van der Waals surface area contributed by atoms with Gasteiger partial charge in [-0.15, -0.1) is 0 Å². The summed E-state index contributed by atoms with van der Waals surface area (Å²) in [5, 5.41) is 17.3. The monoisotopic (exact) mass is 247 g/mol. The molecule has 18 heavy (non-hydrogen) atoms. The Labute approximate surface area is 105 Å². The number of unbranched alkanes of at least 4 members (excludes halogenated alkanes) is 1. The van der Waals surface area contributed by atoms with E-state index < -0.39 is 12.1 Å². The summed E-state index contributed by atoms with van der Waals surface area (Å²) < 4.78 is 10.8. The molecule has 0 aromatic heterocycles. The first-order valence-electron chi connectivity index (χ1n) is 5.73. The average molecular weight is 247 g/mol. The van der Waals surface area contributed by atoms with Crippen LogP contribution in [-0.2, 0) is 11.2 Å². The molecule has 5 heteroatoms. The molecular formula is C13H13NO4. The highest BCUT2D eigenvalue weighted by molar-refractivity contribution is 5.74. The van der Waals surface area contributed by atoms with E-state index in [0.29, 0.717) is 37.4 Å². The minimum absolute atomic E-state index is 0.388. The quantitative estimate of drug-likeness (QED) is 0.802. The molecule has 94 valence electrons. The lowest BCUT2D eigenvalue weighted by Gasteiger charge is -2.07. The van der Waals surface area contributed by atoms with Gasteiger partial charge in [-0.25, -0.2) is 4.79 Å². The SMILES string of the molecule is N#CCCCOc1ccc2c(c1)OC(C(=O)O)C2. The van der Waals surface area contributed by atoms with E-state index in [4.69, 9.17) is 19.8 Å². The van der Waals surface area contributed by atoms with Crippen LogP contribution in [0.5, 0.6) is 11.5 Å². The van der Waals surface area contributed by atoms with Gasteiger partial charge in [-0.2, -0.15) is 5.26 Å². The van der Waals surface area contributed by atoms with E-state index in [-0.39, 0.29) is 0 Å². The number of aliphatic carboxylic acids is 1. The van der Waals surface area contributed by atoms with Gasteiger partial charge in [0, 0.05) is 18.9 Å². The Bertz CT molecular complexity index is 492. The van der Waals surface area contributed by atoms with Gasteiger partial charge in [0.1, 0.15) is 11.5 Å². The topological polar surface area (TPSA) is 79.5 Å². The highest BCUT2D eigenvalue weighted by atomic mass is 16.5. The molecule has 0 radical (unpaired) electrons. The maximum absolute atomic E-state index is 10.8. The Morgan fingerprint density at radius 3 is 3.17 bits per heavy atom. The third-order valence-electron chi connectivity index (χ3n) is 2.69. The predicted molar refractivity (Wildman–Crippen MR) is 62.5 cm³/mol. The minimum atomic E-state index is -0.956. The third kappa shape index (κ3) is 2.72. The number of nitrogens with zero attached hydrogens (tertiary/aromatic N) is 1. The van der Waals surface area contributed by atoms with Gasteiger partial charge in [0.05, 0.1) is 12.7 Å². The van der Waals surface area contributed by atoms with Crippen LogP contribution < -0.4 is 9.47 Å². The number of carbonyl (C=O) groups is 1. The lowest BCUT2D eigenvalue weighted by molar-refractivity contribution is -0.144. The van der Waals surface area contributed by atoms with Gasteiger partial charge in [-0.1, -0.05) is 6.07 Å². The molecule has 1 aromatic carbocycles. The number of nitriles is 1. The van der Waals surface area contributed by atoms with Crippen molar-refractivity contribution in [2.45, 2.75) is 25.4 Å². The molecule has 1 atom stereocenters. The normalized spacial score (nSPS) is 16.5. The van der Waals surface area contributed by atoms with Crippen molar-refractivity contribution in [3.63, 3.8) is 0 Å². The van der Waals surface area contributed by atoms with Gasteiger partial charge in [0.25, 0.3) is 0 Å². The molecule has 0 saturated carbocycles. The molecular weight excluding hydrogens is 234 g/mol. The van der Waals surface area contributed by atoms with Crippen molar-refractivity contribution in [2.75, 3.05) is 6.61 Å². The summed E-state index contributed by atoms with van der Waals surface area (Å²) in [6, 6.07) is 7.35. The van der Waals surface area contributed by atoms with Crippen LogP contribution in [0.4, 0.5) is 0 Å². The standard InChI is InChI=1S/C13H13NO4/c14-5-1-2-6-17-10-4-3-9-7-12(13(15)16)18-11(9)8-10/h3-4,8,12H,1-2,6-7H2,(H,15,16). The average Bonchev–Trinajstić information content (AvgIpc) is 2.78. The number of ether oxygens (including phenoxy) is 2. The smallest absolute Gasteiger partial charge is 0.345 e. The number of benzene rings is 1. The predicted octanol–water partition coefficient (Wildman–Crippen LogP) is 1.76. The zero-order valence-electron chi connectivity index (χ0n) is 9.76. The van der Waals surface area contributed by atoms with Crippen molar-refractivity contribution < 1.29 is 19.4 Å². The van der Waals surface area contributed by atoms with Gasteiger partial charge >= 0.3 is 5.97 Å². The fraction of sp³-hybridized carbons (Fsp3) is 0.385. The third-order valence-corrected chi connectivity index (χ3v) is 2.69. The Morgan fingerprint density at radius 1 is 1.61 bits per heavy atom. The summed E-state index contributed by atoms with van der Waals surface area (Å²) >= 11 is 0. The van der Waals surface area contributed by atoms with E-state index >= 15 is 0 Å². The number of rotatable bonds is 5. The maximum Gasteiger partial charge on any atom is 0.345 e. The van der Waals surface area contributed by atoms with Gasteiger partial charge in [-0.05, 0) is 18.1 Å². The van der Waals surface area contributed by atoms with E-state index in [1.54, 1.807) is 12.1 Å². The van der Waals surface area contributed by atoms with E-state index in [9.17, 15) is 4.79 Å². The molecule has 2 rings (SSSR count). The first-order valence-corrected chi connectivity index (χ1v) is 5.73. The van der Waals surface area contributed by atoms with Crippen LogP contribution in [0.1, 0.15) is 18.4 Å². The number of carboxylic acid groups (broad SMARTS) is 1. The Morgan fingerprint density at radius 2 is 2.44 bits per heavy atom. The summed E-state index contributed by atoms with van der Waals surface area (Å²) in [5.74, 6) is 0.251. The minimum Gasteiger partial charge on any atom is -0.493 e. The molecule has 1 aliphatic rings. The first-order chi connectivity index (χ1) is 8.70. The molecule has 0 aliphatic carbocycles. The Kier molecular flexibility index (Phi) is 3.68. The van der Waals surface area contributed by atoms with Crippen molar-refractivity contribution in [3.05, 3.63) is 23.8 Å². The van der Waals surface area contributed by atoms with Gasteiger partial charge in [0.2, 0.25) is 0 Å². The zero-order valence-corrected chi connectivity index (χ0v) is 9.76. The Balaban J connectivity index is 1.96. The molecule has 1 aliphatic heterocycles. The molecule has 0 saturated heterocycles. The lowest BCUT2D eigenvalue weighted by Crippen LogP contribution is -2.24. The van der Waals surface area contributed by atoms with Crippen LogP contribution in [0.3, 0.4) is 0 Å². The van der Waals surface area contributed by atoms with Crippen LogP contribution in [0.15, 0.2) is 18.2 Å². The summed E-state index contributed by atoms with van der Waals surface area (Å²) in [6.07, 6.45) is 0.725. The number of hydrogen-bond donors (Lipinski definition) is 1. The second-order valence-corrected chi connectivity index (χ2v) is 4.03. The largest absolute Gasteiger partial charge is 0.493 e. The second kappa shape index (κ2) is 5.41. The van der Waals surface area contributed by atoms with E-state index in [2.05, 4.69) is 0 Å². The Hall–Kier alpha value is -2.22. The van der Waals surface area contributed by atoms with E-state index in [1.165, 1.54) is 0 Å². The number of hydrogen-bond acceptors (Lipinski definition) is 4. The molecule has 1 N–H and O–H groups in total. The van der Waals surface area contributed by atoms with Crippen LogP contribution in [0.2, 0.25) is 0 Å². The molecule has 1 aromatic rings. The van der Waals surface area contributed by atoms with Crippen LogP contribution in [0.25, 0.3) is 0 Å². The fourth-order valence-electron chi connectivity index (χ4n) is 1.78. The van der Waals surface area contributed by atoms with Crippen molar-refractivity contribution in [3.8, 4) is 17.6 Å². The zero-order chi connectivity index (χ0) is 13.0. The summed E-state index contributed by atoms with van der Waals surface area (Å²) in [5.41, 5.74) is 0.881. The maximum atomic E-state index is 10.8. The van der Waals surface area contributed by atoms with Gasteiger partial charge < -0.3 is 14.6 Å². The molecule has 0 amide bonds. The van der Waals surface area contributed by atoms with Gasteiger partial charge in [0.15, 0.2) is 6.10 Å². The highest BCUT2D eigenvalue weighted by Gasteiger charge is 2.28. The molecule has 0 bridgehead atoms. The van der Waals surface area contributed by atoms with E-state index in [1.807, 2.05) is 12.1 Å². The van der Waals surface area contributed by atoms with Crippen molar-refractivity contribution >= 4 is 5.97 Å². The summed E-state index contributed by atoms with van der Waals surface area (Å²) in [6.45, 7) is 0.467. The molecule has 1 heterocycles. The second-order valence-electron chi connectivity index (χ2n) is 4.03. The van der Waals surface area contributed by atoms with Crippen LogP contribution in [0, 0.1) is 11.3 Å². The van der Waals surface area contributed by atoms with Crippen molar-refractivity contribution in [1.29, 1.82) is 5.26 Å².